The molecule has 2 unspecified atom stereocenters. The number of hydrogen-bond donors (Lipinski definition) is 1. The van der Waals surface area contributed by atoms with E-state index in [0.29, 0.717) is 29.9 Å². The van der Waals surface area contributed by atoms with Crippen LogP contribution in [0.15, 0.2) is 18.2 Å². The minimum atomic E-state index is -3.23. The fraction of sp³-hybridized carbons (Fsp3) is 0.571. The van der Waals surface area contributed by atoms with Gasteiger partial charge in [0, 0.05) is 0 Å². The van der Waals surface area contributed by atoms with Gasteiger partial charge in [-0.1, -0.05) is 12.5 Å². The van der Waals surface area contributed by atoms with Gasteiger partial charge in [0.25, 0.3) is 0 Å². The number of methoxy groups -OCH3 is 2. The molecular weight excluding hydrogens is 280 g/mol. The van der Waals surface area contributed by atoms with Crippen molar-refractivity contribution < 1.29 is 23.0 Å². The van der Waals surface area contributed by atoms with Crippen LogP contribution in [0.5, 0.6) is 11.5 Å². The molecule has 1 heterocycles. The van der Waals surface area contributed by atoms with E-state index in [4.69, 9.17) is 9.47 Å². The molecule has 1 aliphatic heterocycles. The molecule has 0 aliphatic carbocycles. The molecule has 0 aromatic heterocycles. The van der Waals surface area contributed by atoms with Crippen LogP contribution >= 0.6 is 0 Å². The Morgan fingerprint density at radius 2 is 1.90 bits per heavy atom. The average Bonchev–Trinajstić information content (AvgIpc) is 2.45. The summed E-state index contributed by atoms with van der Waals surface area (Å²) in [6.45, 7) is 0. The van der Waals surface area contributed by atoms with Crippen LogP contribution in [0.2, 0.25) is 0 Å². The largest absolute Gasteiger partial charge is 0.493 e. The number of aliphatic hydroxyl groups is 1. The van der Waals surface area contributed by atoms with Crippen molar-refractivity contribution in [2.24, 2.45) is 0 Å². The monoisotopic (exact) mass is 300 g/mol. The second-order valence-corrected chi connectivity index (χ2v) is 7.30. The van der Waals surface area contributed by atoms with E-state index in [1.165, 1.54) is 14.2 Å². The normalized spacial score (nSPS) is 23.1. The second-order valence-electron chi connectivity index (χ2n) is 4.96. The van der Waals surface area contributed by atoms with Crippen LogP contribution in [-0.2, 0) is 9.84 Å². The van der Waals surface area contributed by atoms with Crippen molar-refractivity contribution in [3.8, 4) is 11.5 Å². The van der Waals surface area contributed by atoms with Gasteiger partial charge in [-0.25, -0.2) is 8.42 Å². The van der Waals surface area contributed by atoms with Crippen LogP contribution in [-0.4, -0.2) is 38.7 Å². The Morgan fingerprint density at radius 3 is 2.50 bits per heavy atom. The summed E-state index contributed by atoms with van der Waals surface area (Å²) < 4.78 is 34.4. The molecule has 0 saturated carbocycles. The van der Waals surface area contributed by atoms with E-state index in [0.717, 1.165) is 6.42 Å². The third kappa shape index (κ3) is 2.91. The third-order valence-electron chi connectivity index (χ3n) is 3.73. The number of rotatable bonds is 4. The molecule has 1 saturated heterocycles. The van der Waals surface area contributed by atoms with E-state index in [9.17, 15) is 13.5 Å². The highest BCUT2D eigenvalue weighted by atomic mass is 32.2. The van der Waals surface area contributed by atoms with Gasteiger partial charge in [0.05, 0.1) is 31.3 Å². The molecular formula is C14H20O5S. The fourth-order valence-corrected chi connectivity index (χ4v) is 4.57. The Hall–Kier alpha value is -1.27. The maximum absolute atomic E-state index is 12.1. The summed E-state index contributed by atoms with van der Waals surface area (Å²) in [4.78, 5) is 0. The zero-order valence-corrected chi connectivity index (χ0v) is 12.5. The average molecular weight is 300 g/mol. The highest BCUT2D eigenvalue weighted by molar-refractivity contribution is 7.92. The van der Waals surface area contributed by atoms with Crippen LogP contribution in [0.25, 0.3) is 0 Å². The molecule has 1 aromatic carbocycles. The molecule has 20 heavy (non-hydrogen) atoms. The van der Waals surface area contributed by atoms with Crippen molar-refractivity contribution in [3.05, 3.63) is 23.8 Å². The molecule has 0 spiro atoms. The summed E-state index contributed by atoms with van der Waals surface area (Å²) in [5.41, 5.74) is 0.540. The summed E-state index contributed by atoms with van der Waals surface area (Å²) in [5, 5.41) is 9.66. The van der Waals surface area contributed by atoms with Gasteiger partial charge in [-0.2, -0.15) is 0 Å². The molecule has 0 bridgehead atoms. The first-order valence-electron chi connectivity index (χ1n) is 6.61. The maximum atomic E-state index is 12.1. The van der Waals surface area contributed by atoms with Gasteiger partial charge >= 0.3 is 0 Å². The van der Waals surface area contributed by atoms with Crippen molar-refractivity contribution in [3.63, 3.8) is 0 Å². The summed E-state index contributed by atoms with van der Waals surface area (Å²) >= 11 is 0. The van der Waals surface area contributed by atoms with E-state index in [1.54, 1.807) is 18.2 Å². The smallest absolute Gasteiger partial charge is 0.161 e. The summed E-state index contributed by atoms with van der Waals surface area (Å²) in [6, 6.07) is 4.98. The van der Waals surface area contributed by atoms with Gasteiger partial charge in [0.15, 0.2) is 21.3 Å². The molecule has 1 aromatic rings. The van der Waals surface area contributed by atoms with E-state index in [-0.39, 0.29) is 5.75 Å². The quantitative estimate of drug-likeness (QED) is 0.916. The number of aliphatic hydroxyl groups excluding tert-OH is 1. The van der Waals surface area contributed by atoms with Crippen LogP contribution in [0.3, 0.4) is 0 Å². The predicted octanol–water partition coefficient (Wildman–Crippen LogP) is 1.70. The predicted molar refractivity (Wildman–Crippen MR) is 75.9 cm³/mol. The van der Waals surface area contributed by atoms with Gasteiger partial charge in [0.1, 0.15) is 0 Å². The molecule has 2 atom stereocenters. The van der Waals surface area contributed by atoms with Gasteiger partial charge < -0.3 is 14.6 Å². The number of hydrogen-bond acceptors (Lipinski definition) is 5. The van der Waals surface area contributed by atoms with Crippen LogP contribution in [0.1, 0.15) is 30.9 Å². The molecule has 2 rings (SSSR count). The standard InChI is InChI=1S/C14H20O5S/c1-18-11-7-6-10(9-12(11)19-2)14(15)13-5-3-4-8-20(13,16)17/h6-7,9,13-15H,3-5,8H2,1-2H3. The van der Waals surface area contributed by atoms with E-state index in [2.05, 4.69) is 0 Å². The molecule has 5 nitrogen and oxygen atoms in total. The molecule has 0 radical (unpaired) electrons. The van der Waals surface area contributed by atoms with Gasteiger partial charge in [0.2, 0.25) is 0 Å². The van der Waals surface area contributed by atoms with Gasteiger partial charge in [-0.05, 0) is 30.5 Å². The van der Waals surface area contributed by atoms with Crippen molar-refractivity contribution in [2.45, 2.75) is 30.6 Å². The van der Waals surface area contributed by atoms with E-state index in [1.807, 2.05) is 0 Å². The van der Waals surface area contributed by atoms with E-state index >= 15 is 0 Å². The van der Waals surface area contributed by atoms with Crippen LogP contribution in [0, 0.1) is 0 Å². The minimum Gasteiger partial charge on any atom is -0.493 e. The topological polar surface area (TPSA) is 72.8 Å². The lowest BCUT2D eigenvalue weighted by Gasteiger charge is -2.27. The molecule has 0 amide bonds. The Labute approximate surface area is 119 Å². The Bertz CT molecular complexity index is 567. The molecule has 1 aliphatic rings. The van der Waals surface area contributed by atoms with Crippen molar-refractivity contribution in [2.75, 3.05) is 20.0 Å². The van der Waals surface area contributed by atoms with Crippen LogP contribution < -0.4 is 9.47 Å². The van der Waals surface area contributed by atoms with Crippen LogP contribution in [0.4, 0.5) is 0 Å². The number of ether oxygens (including phenoxy) is 2. The highest BCUT2D eigenvalue weighted by Crippen LogP contribution is 2.35. The fourth-order valence-electron chi connectivity index (χ4n) is 2.59. The molecule has 1 N–H and O–H groups in total. The van der Waals surface area contributed by atoms with Crippen molar-refractivity contribution in [1.29, 1.82) is 0 Å². The zero-order valence-electron chi connectivity index (χ0n) is 11.7. The summed E-state index contributed by atoms with van der Waals surface area (Å²) in [5.74, 6) is 1.19. The Balaban J connectivity index is 2.31. The van der Waals surface area contributed by atoms with Gasteiger partial charge in [-0.3, -0.25) is 0 Å². The third-order valence-corrected chi connectivity index (χ3v) is 6.00. The van der Waals surface area contributed by atoms with Crippen molar-refractivity contribution >= 4 is 9.84 Å². The molecule has 112 valence electrons. The highest BCUT2D eigenvalue weighted by Gasteiger charge is 2.35. The van der Waals surface area contributed by atoms with Gasteiger partial charge in [-0.15, -0.1) is 0 Å². The Kier molecular flexibility index (Phi) is 4.55. The Morgan fingerprint density at radius 1 is 1.20 bits per heavy atom. The lowest BCUT2D eigenvalue weighted by molar-refractivity contribution is 0.164. The lowest BCUT2D eigenvalue weighted by Crippen LogP contribution is -2.33. The maximum Gasteiger partial charge on any atom is 0.161 e. The first kappa shape index (κ1) is 15.1. The number of benzene rings is 1. The van der Waals surface area contributed by atoms with E-state index < -0.39 is 21.2 Å². The molecule has 6 heteroatoms. The van der Waals surface area contributed by atoms with Crippen molar-refractivity contribution in [1.82, 2.24) is 0 Å². The first-order valence-corrected chi connectivity index (χ1v) is 8.32. The summed E-state index contributed by atoms with van der Waals surface area (Å²) in [7, 11) is -0.196. The molecule has 1 fully saturated rings. The minimum absolute atomic E-state index is 0.155. The zero-order chi connectivity index (χ0) is 14.8. The number of sulfone groups is 1. The first-order chi connectivity index (χ1) is 9.49. The summed E-state index contributed by atoms with van der Waals surface area (Å²) in [6.07, 6.45) is 0.976. The SMILES string of the molecule is COc1ccc(C(O)C2CCCCS2(=O)=O)cc1OC. The lowest BCUT2D eigenvalue weighted by atomic mass is 10.0. The second kappa shape index (κ2) is 6.01.